The summed E-state index contributed by atoms with van der Waals surface area (Å²) in [5, 5.41) is 0. The van der Waals surface area contributed by atoms with Crippen LogP contribution < -0.4 is 24.0 Å². The van der Waals surface area contributed by atoms with E-state index in [1.807, 2.05) is 35.3 Å². The fourth-order valence-corrected chi connectivity index (χ4v) is 5.34. The highest BCUT2D eigenvalue weighted by molar-refractivity contribution is 6.25. The number of fused-ring (bicyclic) bond motifs is 5. The summed E-state index contributed by atoms with van der Waals surface area (Å²) >= 11 is 0. The molecule has 0 N–H and O–H groups in total. The van der Waals surface area contributed by atoms with Gasteiger partial charge in [-0.1, -0.05) is 12.2 Å². The number of carbonyl (C=O) groups excluding carboxylic acids is 3. The summed E-state index contributed by atoms with van der Waals surface area (Å²) in [5.41, 5.74) is 2.04. The third-order valence-electron chi connectivity index (χ3n) is 6.76. The number of nitrogens with zero attached hydrogens (tertiary/aromatic N) is 2. The van der Waals surface area contributed by atoms with Gasteiger partial charge in [0.2, 0.25) is 11.8 Å². The van der Waals surface area contributed by atoms with Crippen molar-refractivity contribution in [3.05, 3.63) is 48.0 Å². The van der Waals surface area contributed by atoms with Gasteiger partial charge in [0, 0.05) is 17.3 Å². The summed E-state index contributed by atoms with van der Waals surface area (Å²) in [5.74, 6) is -0.766. The van der Waals surface area contributed by atoms with Gasteiger partial charge in [0.1, 0.15) is 23.3 Å². The third-order valence-corrected chi connectivity index (χ3v) is 6.76. The fraction of sp³-hybridized carbons (Fsp3) is 0.320. The van der Waals surface area contributed by atoms with Crippen LogP contribution in [0.1, 0.15) is 12.5 Å². The van der Waals surface area contributed by atoms with Crippen LogP contribution in [-0.2, 0) is 14.4 Å². The van der Waals surface area contributed by atoms with Crippen molar-refractivity contribution < 1.29 is 28.6 Å². The lowest BCUT2D eigenvalue weighted by molar-refractivity contribution is -0.126. The minimum absolute atomic E-state index is 0.158. The number of rotatable bonds is 5. The van der Waals surface area contributed by atoms with Crippen LogP contribution in [0.4, 0.5) is 11.4 Å². The van der Waals surface area contributed by atoms with Crippen molar-refractivity contribution in [1.29, 1.82) is 0 Å². The number of benzene rings is 2. The highest BCUT2D eigenvalue weighted by atomic mass is 16.5. The van der Waals surface area contributed by atoms with Gasteiger partial charge in [-0.15, -0.1) is 0 Å². The molecule has 8 nitrogen and oxygen atoms in total. The number of anilines is 2. The van der Waals surface area contributed by atoms with Crippen molar-refractivity contribution >= 4 is 35.0 Å². The number of Topliss-reactive ketones (excluding diaryl/α,β-unsaturated/α-hetero) is 1. The van der Waals surface area contributed by atoms with E-state index in [1.165, 1.54) is 21.1 Å². The molecule has 3 aliphatic heterocycles. The number of hydrogen-bond acceptors (Lipinski definition) is 7. The Labute approximate surface area is 191 Å². The van der Waals surface area contributed by atoms with Crippen LogP contribution in [0.5, 0.6) is 17.2 Å². The Morgan fingerprint density at radius 2 is 1.48 bits per heavy atom. The molecule has 3 heterocycles. The maximum Gasteiger partial charge on any atom is 0.240 e. The monoisotopic (exact) mass is 448 g/mol. The number of carbonyl (C=O) groups is 3. The van der Waals surface area contributed by atoms with Crippen LogP contribution >= 0.6 is 0 Å². The van der Waals surface area contributed by atoms with Gasteiger partial charge in [0.05, 0.1) is 44.9 Å². The van der Waals surface area contributed by atoms with Gasteiger partial charge in [-0.2, -0.15) is 0 Å². The largest absolute Gasteiger partial charge is 0.497 e. The van der Waals surface area contributed by atoms with E-state index in [0.29, 0.717) is 22.9 Å². The summed E-state index contributed by atoms with van der Waals surface area (Å²) in [6.45, 7) is 1.47. The van der Waals surface area contributed by atoms with Gasteiger partial charge in [0.25, 0.3) is 0 Å². The lowest BCUT2D eigenvalue weighted by Crippen LogP contribution is -2.48. The van der Waals surface area contributed by atoms with E-state index in [-0.39, 0.29) is 11.7 Å². The Morgan fingerprint density at radius 1 is 0.848 bits per heavy atom. The van der Waals surface area contributed by atoms with Gasteiger partial charge in [0.15, 0.2) is 5.78 Å². The molecule has 2 amide bonds. The topological polar surface area (TPSA) is 85.4 Å². The molecule has 0 aliphatic carbocycles. The van der Waals surface area contributed by atoms with Gasteiger partial charge in [-0.05, 0) is 37.3 Å². The summed E-state index contributed by atoms with van der Waals surface area (Å²) in [6, 6.07) is 9.35. The quantitative estimate of drug-likeness (QED) is 0.650. The molecule has 0 spiro atoms. The fourth-order valence-electron chi connectivity index (χ4n) is 5.34. The number of ketones is 1. The predicted octanol–water partition coefficient (Wildman–Crippen LogP) is 2.69. The molecule has 4 atom stereocenters. The summed E-state index contributed by atoms with van der Waals surface area (Å²) in [4.78, 5) is 43.3. The van der Waals surface area contributed by atoms with Gasteiger partial charge in [-0.25, -0.2) is 4.90 Å². The zero-order valence-corrected chi connectivity index (χ0v) is 18.8. The molecule has 8 heteroatoms. The lowest BCUT2D eigenvalue weighted by atomic mass is 9.88. The molecular formula is C25H24N2O6. The Morgan fingerprint density at radius 3 is 2.12 bits per heavy atom. The Balaban J connectivity index is 1.60. The molecule has 2 fully saturated rings. The van der Waals surface area contributed by atoms with Gasteiger partial charge in [-0.3, -0.25) is 14.4 Å². The minimum atomic E-state index is -0.787. The second kappa shape index (κ2) is 7.65. The van der Waals surface area contributed by atoms with Crippen molar-refractivity contribution in [2.75, 3.05) is 31.1 Å². The molecule has 33 heavy (non-hydrogen) atoms. The molecule has 5 rings (SSSR count). The van der Waals surface area contributed by atoms with Crippen molar-refractivity contribution in [3.8, 4) is 17.2 Å². The van der Waals surface area contributed by atoms with E-state index < -0.39 is 29.8 Å². The Kier molecular flexibility index (Phi) is 4.88. The van der Waals surface area contributed by atoms with E-state index in [4.69, 9.17) is 14.2 Å². The first kappa shape index (κ1) is 21.1. The van der Waals surface area contributed by atoms with E-state index in [0.717, 1.165) is 16.2 Å². The first-order chi connectivity index (χ1) is 15.9. The second-order valence-corrected chi connectivity index (χ2v) is 8.34. The highest BCUT2D eigenvalue weighted by Gasteiger charge is 2.64. The molecule has 2 aromatic rings. The summed E-state index contributed by atoms with van der Waals surface area (Å²) < 4.78 is 16.0. The van der Waals surface area contributed by atoms with Crippen LogP contribution in [0.3, 0.4) is 0 Å². The molecule has 0 saturated carbocycles. The predicted molar refractivity (Wildman–Crippen MR) is 122 cm³/mol. The first-order valence-corrected chi connectivity index (χ1v) is 10.7. The van der Waals surface area contributed by atoms with Crippen LogP contribution in [0.2, 0.25) is 0 Å². The first-order valence-electron chi connectivity index (χ1n) is 10.7. The number of methoxy groups -OCH3 is 3. The van der Waals surface area contributed by atoms with Crippen LogP contribution in [0, 0.1) is 11.8 Å². The summed E-state index contributed by atoms with van der Waals surface area (Å²) in [6.07, 6.45) is 3.83. The molecule has 0 aromatic heterocycles. The maximum atomic E-state index is 13.7. The SMILES string of the molecule is COc1ccc2c(c1)C=C[C@H]1[C@H]3C(=O)N(c4ccc(OC)cc4OC)C(=O)[C@@H]3[C@H](C(C)=O)N21. The molecule has 3 aliphatic rings. The molecule has 0 radical (unpaired) electrons. The lowest BCUT2D eigenvalue weighted by Gasteiger charge is -2.36. The Hall–Kier alpha value is -3.81. The maximum absolute atomic E-state index is 13.7. The van der Waals surface area contributed by atoms with E-state index >= 15 is 0 Å². The van der Waals surface area contributed by atoms with Gasteiger partial charge >= 0.3 is 0 Å². The molecule has 2 saturated heterocycles. The van der Waals surface area contributed by atoms with Gasteiger partial charge < -0.3 is 19.1 Å². The van der Waals surface area contributed by atoms with E-state index in [9.17, 15) is 14.4 Å². The molecule has 2 aromatic carbocycles. The number of ether oxygens (including phenoxy) is 3. The summed E-state index contributed by atoms with van der Waals surface area (Å²) in [7, 11) is 4.59. The second-order valence-electron chi connectivity index (χ2n) is 8.34. The highest BCUT2D eigenvalue weighted by Crippen LogP contribution is 2.50. The average molecular weight is 448 g/mol. The zero-order valence-electron chi connectivity index (χ0n) is 18.8. The molecule has 0 unspecified atom stereocenters. The molecule has 170 valence electrons. The van der Waals surface area contributed by atoms with Crippen molar-refractivity contribution in [1.82, 2.24) is 0 Å². The van der Waals surface area contributed by atoms with E-state index in [2.05, 4.69) is 0 Å². The Bertz CT molecular complexity index is 1210. The standard InChI is InChI=1S/C25H24N2O6/c1-13(28)23-22-21(19-8-5-14-11-15(31-2)6-9-17(14)26(19)23)24(29)27(25(22)30)18-10-7-16(32-3)12-20(18)33-4/h5-12,19,21-23H,1-4H3/t19-,21+,22-,23-/m0/s1. The molecular weight excluding hydrogens is 424 g/mol. The average Bonchev–Trinajstić information content (AvgIpc) is 3.31. The number of imide groups is 1. The van der Waals surface area contributed by atoms with Crippen molar-refractivity contribution in [2.24, 2.45) is 11.8 Å². The van der Waals surface area contributed by atoms with Crippen molar-refractivity contribution in [2.45, 2.75) is 19.0 Å². The number of hydrogen-bond donors (Lipinski definition) is 0. The normalized spacial score (nSPS) is 25.0. The molecule has 0 bridgehead atoms. The van der Waals surface area contributed by atoms with Crippen LogP contribution in [0.15, 0.2) is 42.5 Å². The smallest absolute Gasteiger partial charge is 0.240 e. The van der Waals surface area contributed by atoms with Crippen molar-refractivity contribution in [3.63, 3.8) is 0 Å². The number of amides is 2. The van der Waals surface area contributed by atoms with Crippen LogP contribution in [-0.4, -0.2) is 51.0 Å². The minimum Gasteiger partial charge on any atom is -0.497 e. The van der Waals surface area contributed by atoms with E-state index in [1.54, 1.807) is 25.3 Å². The zero-order chi connectivity index (χ0) is 23.4. The van der Waals surface area contributed by atoms with Crippen LogP contribution in [0.25, 0.3) is 6.08 Å². The third kappa shape index (κ3) is 2.93.